The molecule has 0 aliphatic carbocycles. The summed E-state index contributed by atoms with van der Waals surface area (Å²) in [6, 6.07) is 13.6. The zero-order valence-corrected chi connectivity index (χ0v) is 14.2. The quantitative estimate of drug-likeness (QED) is 0.829. The highest BCUT2D eigenvalue weighted by Crippen LogP contribution is 2.20. The fraction of sp³-hybridized carbons (Fsp3) is 0.278. The Morgan fingerprint density at radius 2 is 1.91 bits per heavy atom. The molecule has 0 radical (unpaired) electrons. The van der Waals surface area contributed by atoms with E-state index in [9.17, 15) is 4.79 Å². The number of thioether (sulfide) groups is 1. The third kappa shape index (κ3) is 4.28. The van der Waals surface area contributed by atoms with E-state index in [0.717, 1.165) is 16.1 Å². The van der Waals surface area contributed by atoms with Gasteiger partial charge in [0.05, 0.1) is 0 Å². The second-order valence-corrected chi connectivity index (χ2v) is 6.11. The van der Waals surface area contributed by atoms with Crippen LogP contribution in [0.15, 0.2) is 47.4 Å². The molecule has 0 aliphatic rings. The first-order chi connectivity index (χ1) is 10.5. The maximum atomic E-state index is 12.2. The minimum atomic E-state index is -0.556. The Kier molecular flexibility index (Phi) is 5.50. The van der Waals surface area contributed by atoms with Crippen LogP contribution in [0.2, 0.25) is 0 Å². The van der Waals surface area contributed by atoms with E-state index < -0.39 is 6.10 Å². The van der Waals surface area contributed by atoms with Crippen LogP contribution >= 0.6 is 11.8 Å². The highest BCUT2D eigenvalue weighted by atomic mass is 32.2. The van der Waals surface area contributed by atoms with Crippen LogP contribution in [0.1, 0.15) is 18.1 Å². The van der Waals surface area contributed by atoms with E-state index >= 15 is 0 Å². The van der Waals surface area contributed by atoms with Gasteiger partial charge < -0.3 is 10.1 Å². The molecule has 1 amide bonds. The summed E-state index contributed by atoms with van der Waals surface area (Å²) >= 11 is 1.64. The number of ether oxygens (including phenoxy) is 1. The highest BCUT2D eigenvalue weighted by molar-refractivity contribution is 7.98. The number of amides is 1. The number of nitrogens with one attached hydrogen (secondary N) is 1. The molecule has 22 heavy (non-hydrogen) atoms. The fourth-order valence-corrected chi connectivity index (χ4v) is 2.45. The summed E-state index contributed by atoms with van der Waals surface area (Å²) < 4.78 is 5.72. The molecule has 0 spiro atoms. The van der Waals surface area contributed by atoms with Gasteiger partial charge in [-0.3, -0.25) is 4.79 Å². The fourth-order valence-electron chi connectivity index (χ4n) is 1.99. The Morgan fingerprint density at radius 3 is 2.59 bits per heavy atom. The Morgan fingerprint density at radius 1 is 1.14 bits per heavy atom. The van der Waals surface area contributed by atoms with Crippen molar-refractivity contribution in [1.82, 2.24) is 0 Å². The van der Waals surface area contributed by atoms with Crippen molar-refractivity contribution >= 4 is 23.4 Å². The minimum Gasteiger partial charge on any atom is -0.481 e. The van der Waals surface area contributed by atoms with Gasteiger partial charge in [-0.05, 0) is 68.5 Å². The topological polar surface area (TPSA) is 38.3 Å². The second-order valence-electron chi connectivity index (χ2n) is 5.23. The number of benzene rings is 2. The lowest BCUT2D eigenvalue weighted by Crippen LogP contribution is -2.30. The molecular formula is C18H21NO2S. The molecule has 0 saturated heterocycles. The molecule has 4 heteroatoms. The first-order valence-electron chi connectivity index (χ1n) is 7.18. The van der Waals surface area contributed by atoms with E-state index in [1.807, 2.05) is 62.6 Å². The molecule has 0 aromatic heterocycles. The van der Waals surface area contributed by atoms with Gasteiger partial charge in [-0.1, -0.05) is 12.1 Å². The van der Waals surface area contributed by atoms with Crippen LogP contribution in [0, 0.1) is 13.8 Å². The molecule has 0 heterocycles. The Hall–Kier alpha value is -1.94. The lowest BCUT2D eigenvalue weighted by Gasteiger charge is -2.16. The summed E-state index contributed by atoms with van der Waals surface area (Å²) in [6.45, 7) is 5.83. The van der Waals surface area contributed by atoms with E-state index in [1.165, 1.54) is 5.56 Å². The predicted octanol–water partition coefficient (Wildman–Crippen LogP) is 4.43. The highest BCUT2D eigenvalue weighted by Gasteiger charge is 2.15. The molecule has 2 rings (SSSR count). The van der Waals surface area contributed by atoms with Crippen LogP contribution in [0.25, 0.3) is 0 Å². The standard InChI is InChI=1S/C18H21NO2S/c1-12-8-9-16(10-13(12)2)21-14(3)18(20)19-15-6-5-7-17(11-15)22-4/h5-11,14H,1-4H3,(H,19,20)/t14-/m0/s1. The average Bonchev–Trinajstić information content (AvgIpc) is 2.51. The molecule has 3 nitrogen and oxygen atoms in total. The van der Waals surface area contributed by atoms with Gasteiger partial charge in [0, 0.05) is 10.6 Å². The lowest BCUT2D eigenvalue weighted by molar-refractivity contribution is -0.122. The van der Waals surface area contributed by atoms with E-state index in [-0.39, 0.29) is 5.91 Å². The van der Waals surface area contributed by atoms with Crippen molar-refractivity contribution in [3.63, 3.8) is 0 Å². The van der Waals surface area contributed by atoms with Gasteiger partial charge in [0.15, 0.2) is 6.10 Å². The van der Waals surface area contributed by atoms with E-state index in [1.54, 1.807) is 18.7 Å². The zero-order valence-electron chi connectivity index (χ0n) is 13.3. The first kappa shape index (κ1) is 16.4. The zero-order chi connectivity index (χ0) is 16.1. The molecule has 0 fully saturated rings. The lowest BCUT2D eigenvalue weighted by atomic mass is 10.1. The van der Waals surface area contributed by atoms with Crippen molar-refractivity contribution < 1.29 is 9.53 Å². The molecule has 0 saturated carbocycles. The van der Waals surface area contributed by atoms with Crippen LogP contribution < -0.4 is 10.1 Å². The number of anilines is 1. The van der Waals surface area contributed by atoms with Crippen molar-refractivity contribution in [2.45, 2.75) is 31.8 Å². The molecule has 0 aliphatic heterocycles. The van der Waals surface area contributed by atoms with Gasteiger partial charge in [0.2, 0.25) is 0 Å². The summed E-state index contributed by atoms with van der Waals surface area (Å²) in [5.74, 6) is 0.556. The molecule has 1 N–H and O–H groups in total. The van der Waals surface area contributed by atoms with Gasteiger partial charge >= 0.3 is 0 Å². The van der Waals surface area contributed by atoms with Crippen molar-refractivity contribution in [2.24, 2.45) is 0 Å². The third-order valence-corrected chi connectivity index (χ3v) is 4.22. The normalized spacial score (nSPS) is 11.8. The summed E-state index contributed by atoms with van der Waals surface area (Å²) in [6.07, 6.45) is 1.45. The van der Waals surface area contributed by atoms with E-state index in [0.29, 0.717) is 5.75 Å². The summed E-state index contributed by atoms with van der Waals surface area (Å²) in [4.78, 5) is 13.3. The van der Waals surface area contributed by atoms with Crippen LogP contribution in [0.3, 0.4) is 0 Å². The number of carbonyl (C=O) groups excluding carboxylic acids is 1. The minimum absolute atomic E-state index is 0.156. The smallest absolute Gasteiger partial charge is 0.265 e. The third-order valence-electron chi connectivity index (χ3n) is 3.50. The maximum absolute atomic E-state index is 12.2. The molecule has 1 atom stereocenters. The number of carbonyl (C=O) groups is 1. The van der Waals surface area contributed by atoms with Gasteiger partial charge in [-0.15, -0.1) is 11.8 Å². The van der Waals surface area contributed by atoms with Crippen molar-refractivity contribution in [3.8, 4) is 5.75 Å². The molecule has 116 valence electrons. The second kappa shape index (κ2) is 7.36. The van der Waals surface area contributed by atoms with Gasteiger partial charge in [0.1, 0.15) is 5.75 Å². The van der Waals surface area contributed by atoms with Crippen LogP contribution in [-0.2, 0) is 4.79 Å². The van der Waals surface area contributed by atoms with Crippen molar-refractivity contribution in [1.29, 1.82) is 0 Å². The Labute approximate surface area is 136 Å². The molecular weight excluding hydrogens is 294 g/mol. The summed E-state index contributed by atoms with van der Waals surface area (Å²) in [5, 5.41) is 2.89. The van der Waals surface area contributed by atoms with E-state index in [4.69, 9.17) is 4.74 Å². The average molecular weight is 315 g/mol. The maximum Gasteiger partial charge on any atom is 0.265 e. The van der Waals surface area contributed by atoms with Gasteiger partial charge in [-0.2, -0.15) is 0 Å². The van der Waals surface area contributed by atoms with Crippen molar-refractivity contribution in [3.05, 3.63) is 53.6 Å². The van der Waals surface area contributed by atoms with Crippen LogP contribution in [0.5, 0.6) is 5.75 Å². The number of hydrogen-bond acceptors (Lipinski definition) is 3. The van der Waals surface area contributed by atoms with Gasteiger partial charge in [-0.25, -0.2) is 0 Å². The van der Waals surface area contributed by atoms with Crippen LogP contribution in [0.4, 0.5) is 5.69 Å². The van der Waals surface area contributed by atoms with Gasteiger partial charge in [0.25, 0.3) is 5.91 Å². The summed E-state index contributed by atoms with van der Waals surface area (Å²) in [7, 11) is 0. The molecule has 2 aromatic carbocycles. The molecule has 2 aromatic rings. The monoisotopic (exact) mass is 315 g/mol. The summed E-state index contributed by atoms with van der Waals surface area (Å²) in [5.41, 5.74) is 3.14. The van der Waals surface area contributed by atoms with Crippen LogP contribution in [-0.4, -0.2) is 18.3 Å². The largest absolute Gasteiger partial charge is 0.481 e. The van der Waals surface area contributed by atoms with Crippen molar-refractivity contribution in [2.75, 3.05) is 11.6 Å². The Balaban J connectivity index is 2.00. The number of aryl methyl sites for hydroxylation is 2. The predicted molar refractivity (Wildman–Crippen MR) is 92.9 cm³/mol. The molecule has 0 bridgehead atoms. The SMILES string of the molecule is CSc1cccc(NC(=O)[C@H](C)Oc2ccc(C)c(C)c2)c1. The van der Waals surface area contributed by atoms with E-state index in [2.05, 4.69) is 5.32 Å². The number of rotatable bonds is 5. The number of hydrogen-bond donors (Lipinski definition) is 1. The molecule has 0 unspecified atom stereocenters. The Bertz CT molecular complexity index is 670. The first-order valence-corrected chi connectivity index (χ1v) is 8.41.